The van der Waals surface area contributed by atoms with E-state index in [4.69, 9.17) is 4.84 Å². The Kier molecular flexibility index (Phi) is 5.67. The van der Waals surface area contributed by atoms with Crippen molar-refractivity contribution in [1.29, 1.82) is 0 Å². The van der Waals surface area contributed by atoms with Crippen molar-refractivity contribution in [2.75, 3.05) is 13.1 Å². The van der Waals surface area contributed by atoms with Crippen LogP contribution >= 0.6 is 0 Å². The molecule has 2 N–H and O–H groups in total. The summed E-state index contributed by atoms with van der Waals surface area (Å²) in [7, 11) is 0. The largest absolute Gasteiger partial charge is 0.382 e. The molecule has 0 fully saturated rings. The molecule has 0 bridgehead atoms. The summed E-state index contributed by atoms with van der Waals surface area (Å²) in [5.41, 5.74) is 1.14. The molecular formula is C16H20FN3O3. The fraction of sp³-hybridized carbons (Fsp3) is 0.438. The molecule has 7 heteroatoms. The average Bonchev–Trinajstić information content (AvgIpc) is 3.01. The van der Waals surface area contributed by atoms with E-state index in [-0.39, 0.29) is 30.0 Å². The van der Waals surface area contributed by atoms with Gasteiger partial charge >= 0.3 is 0 Å². The Morgan fingerprint density at radius 3 is 2.78 bits per heavy atom. The van der Waals surface area contributed by atoms with Gasteiger partial charge in [0.25, 0.3) is 5.91 Å². The number of amides is 2. The van der Waals surface area contributed by atoms with E-state index in [2.05, 4.69) is 15.8 Å². The minimum atomic E-state index is -0.728. The Labute approximate surface area is 134 Å². The predicted octanol–water partition coefficient (Wildman–Crippen LogP) is 1.21. The Bertz CT molecular complexity index is 616. The van der Waals surface area contributed by atoms with Crippen molar-refractivity contribution in [3.8, 4) is 0 Å². The van der Waals surface area contributed by atoms with E-state index in [1.807, 2.05) is 0 Å². The molecular weight excluding hydrogens is 301 g/mol. The number of halogens is 1. The lowest BCUT2D eigenvalue weighted by Gasteiger charge is -2.11. The normalized spacial score (nSPS) is 16.7. The van der Waals surface area contributed by atoms with Gasteiger partial charge in [0.2, 0.25) is 12.0 Å². The van der Waals surface area contributed by atoms with Crippen molar-refractivity contribution in [3.05, 3.63) is 35.6 Å². The first-order valence-electron chi connectivity index (χ1n) is 7.51. The van der Waals surface area contributed by atoms with Gasteiger partial charge in [0.1, 0.15) is 5.82 Å². The fourth-order valence-corrected chi connectivity index (χ4v) is 2.05. The molecule has 23 heavy (non-hydrogen) atoms. The number of nitrogens with zero attached hydrogens (tertiary/aromatic N) is 1. The van der Waals surface area contributed by atoms with Gasteiger partial charge in [0.05, 0.1) is 5.71 Å². The van der Waals surface area contributed by atoms with Gasteiger partial charge in [0.15, 0.2) is 0 Å². The summed E-state index contributed by atoms with van der Waals surface area (Å²) in [6, 6.07) is 5.99. The molecule has 0 saturated carbocycles. The number of oxime groups is 1. The van der Waals surface area contributed by atoms with Gasteiger partial charge in [-0.3, -0.25) is 9.59 Å². The lowest BCUT2D eigenvalue weighted by molar-refractivity contribution is -0.131. The Balaban J connectivity index is 1.75. The van der Waals surface area contributed by atoms with Gasteiger partial charge < -0.3 is 15.5 Å². The van der Waals surface area contributed by atoms with E-state index in [1.165, 1.54) is 12.1 Å². The van der Waals surface area contributed by atoms with Gasteiger partial charge in [-0.2, -0.15) is 0 Å². The molecule has 1 aromatic rings. The molecule has 1 aliphatic rings. The van der Waals surface area contributed by atoms with Crippen LogP contribution in [0.25, 0.3) is 0 Å². The van der Waals surface area contributed by atoms with Gasteiger partial charge in [0, 0.05) is 31.0 Å². The molecule has 0 radical (unpaired) electrons. The number of rotatable bonds is 6. The lowest BCUT2D eigenvalue weighted by Crippen LogP contribution is -2.40. The van der Waals surface area contributed by atoms with Crippen molar-refractivity contribution in [2.24, 2.45) is 11.1 Å². The maximum atomic E-state index is 13.2. The second-order valence-corrected chi connectivity index (χ2v) is 5.58. The molecule has 1 atom stereocenters. The van der Waals surface area contributed by atoms with Crippen molar-refractivity contribution >= 4 is 17.5 Å². The van der Waals surface area contributed by atoms with Crippen LogP contribution in [0.4, 0.5) is 4.39 Å². The molecule has 2 amide bonds. The summed E-state index contributed by atoms with van der Waals surface area (Å²) >= 11 is 0. The first kappa shape index (κ1) is 16.9. The van der Waals surface area contributed by atoms with E-state index in [0.29, 0.717) is 24.4 Å². The van der Waals surface area contributed by atoms with Gasteiger partial charge in [-0.15, -0.1) is 0 Å². The van der Waals surface area contributed by atoms with Crippen LogP contribution in [0.2, 0.25) is 0 Å². The maximum absolute atomic E-state index is 13.2. The number of hydrogen-bond donors (Lipinski definition) is 2. The Morgan fingerprint density at radius 1 is 1.35 bits per heavy atom. The van der Waals surface area contributed by atoms with Crippen molar-refractivity contribution in [3.63, 3.8) is 0 Å². The summed E-state index contributed by atoms with van der Waals surface area (Å²) in [6.07, 6.45) is -0.442. The van der Waals surface area contributed by atoms with Crippen molar-refractivity contribution in [2.45, 2.75) is 26.4 Å². The predicted molar refractivity (Wildman–Crippen MR) is 83.3 cm³/mol. The van der Waals surface area contributed by atoms with E-state index in [9.17, 15) is 14.0 Å². The molecule has 0 spiro atoms. The summed E-state index contributed by atoms with van der Waals surface area (Å²) in [4.78, 5) is 28.4. The summed E-state index contributed by atoms with van der Waals surface area (Å²) in [5, 5.41) is 9.23. The van der Waals surface area contributed by atoms with E-state index >= 15 is 0 Å². The van der Waals surface area contributed by atoms with Crippen LogP contribution in [0, 0.1) is 11.7 Å². The minimum Gasteiger partial charge on any atom is -0.382 e. The number of nitrogens with one attached hydrogen (secondary N) is 2. The van der Waals surface area contributed by atoms with Crippen LogP contribution in [0.3, 0.4) is 0 Å². The molecule has 2 rings (SSSR count). The van der Waals surface area contributed by atoms with Crippen LogP contribution in [-0.4, -0.2) is 36.7 Å². The van der Waals surface area contributed by atoms with Crippen LogP contribution in [0.15, 0.2) is 29.4 Å². The monoisotopic (exact) mass is 321 g/mol. The molecule has 1 heterocycles. The zero-order valence-corrected chi connectivity index (χ0v) is 13.1. The van der Waals surface area contributed by atoms with Gasteiger partial charge in [-0.05, 0) is 12.1 Å². The number of carbonyl (C=O) groups is 2. The highest BCUT2D eigenvalue weighted by atomic mass is 19.1. The SMILES string of the molecule is CC(C)C(=O)NCCNC(=O)C1CC(c2cccc(F)c2)=NO1. The first-order valence-corrected chi connectivity index (χ1v) is 7.51. The topological polar surface area (TPSA) is 79.8 Å². The highest BCUT2D eigenvalue weighted by Gasteiger charge is 2.28. The summed E-state index contributed by atoms with van der Waals surface area (Å²) < 4.78 is 13.2. The lowest BCUT2D eigenvalue weighted by atomic mass is 10.0. The fourth-order valence-electron chi connectivity index (χ4n) is 2.05. The maximum Gasteiger partial charge on any atom is 0.264 e. The molecule has 1 unspecified atom stereocenters. The molecule has 124 valence electrons. The quantitative estimate of drug-likeness (QED) is 0.773. The van der Waals surface area contributed by atoms with E-state index in [1.54, 1.807) is 26.0 Å². The third-order valence-electron chi connectivity index (χ3n) is 3.37. The molecule has 6 nitrogen and oxygen atoms in total. The highest BCUT2D eigenvalue weighted by molar-refractivity contribution is 6.04. The van der Waals surface area contributed by atoms with Crippen LogP contribution in [-0.2, 0) is 14.4 Å². The number of carbonyl (C=O) groups excluding carboxylic acids is 2. The third kappa shape index (κ3) is 4.77. The Hall–Kier alpha value is -2.44. The number of benzene rings is 1. The summed E-state index contributed by atoms with van der Waals surface area (Å²) in [6.45, 7) is 4.26. The minimum absolute atomic E-state index is 0.0620. The second kappa shape index (κ2) is 7.71. The van der Waals surface area contributed by atoms with Crippen LogP contribution in [0.1, 0.15) is 25.8 Å². The summed E-state index contributed by atoms with van der Waals surface area (Å²) in [5.74, 6) is -0.822. The zero-order valence-electron chi connectivity index (χ0n) is 13.1. The highest BCUT2D eigenvalue weighted by Crippen LogP contribution is 2.17. The van der Waals surface area contributed by atoms with E-state index in [0.717, 1.165) is 0 Å². The first-order chi connectivity index (χ1) is 11.0. The molecule has 1 aliphatic heterocycles. The van der Waals surface area contributed by atoms with Crippen LogP contribution < -0.4 is 10.6 Å². The smallest absolute Gasteiger partial charge is 0.264 e. The average molecular weight is 321 g/mol. The Morgan fingerprint density at radius 2 is 2.09 bits per heavy atom. The third-order valence-corrected chi connectivity index (χ3v) is 3.37. The molecule has 0 saturated heterocycles. The van der Waals surface area contributed by atoms with E-state index < -0.39 is 6.10 Å². The zero-order chi connectivity index (χ0) is 16.8. The van der Waals surface area contributed by atoms with Gasteiger partial charge in [-0.25, -0.2) is 4.39 Å². The molecule has 0 aliphatic carbocycles. The van der Waals surface area contributed by atoms with Crippen LogP contribution in [0.5, 0.6) is 0 Å². The number of hydrogen-bond acceptors (Lipinski definition) is 4. The molecule has 1 aromatic carbocycles. The van der Waals surface area contributed by atoms with Gasteiger partial charge in [-0.1, -0.05) is 31.1 Å². The second-order valence-electron chi connectivity index (χ2n) is 5.58. The van der Waals surface area contributed by atoms with Crippen molar-refractivity contribution in [1.82, 2.24) is 10.6 Å². The molecule has 0 aromatic heterocycles. The standard InChI is InChI=1S/C16H20FN3O3/c1-10(2)15(21)18-6-7-19-16(22)14-9-13(20-23-14)11-4-3-5-12(17)8-11/h3-5,8,10,14H,6-7,9H2,1-2H3,(H,18,21)(H,19,22). The van der Waals surface area contributed by atoms with Crippen molar-refractivity contribution < 1.29 is 18.8 Å².